The first-order valence-corrected chi connectivity index (χ1v) is 9.23. The Balaban J connectivity index is 1.68. The van der Waals surface area contributed by atoms with Crippen LogP contribution in [0.1, 0.15) is 30.5 Å². The van der Waals surface area contributed by atoms with E-state index in [2.05, 4.69) is 4.98 Å². The summed E-state index contributed by atoms with van der Waals surface area (Å²) in [7, 11) is 1.66. The number of aromatic nitrogens is 1. The molecule has 0 bridgehead atoms. The van der Waals surface area contributed by atoms with E-state index >= 15 is 0 Å². The molecule has 0 saturated heterocycles. The number of nitrogens with two attached hydrogens (primary N) is 1. The van der Waals surface area contributed by atoms with Crippen LogP contribution in [0.2, 0.25) is 0 Å². The minimum Gasteiger partial charge on any atom is -0.497 e. The van der Waals surface area contributed by atoms with Crippen LogP contribution in [0.3, 0.4) is 0 Å². The van der Waals surface area contributed by atoms with Crippen LogP contribution in [0.25, 0.3) is 0 Å². The second-order valence-corrected chi connectivity index (χ2v) is 6.95. The first kappa shape index (κ1) is 18.4. The first-order chi connectivity index (χ1) is 12.7. The van der Waals surface area contributed by atoms with Gasteiger partial charge in [-0.25, -0.2) is 0 Å². The van der Waals surface area contributed by atoms with Gasteiger partial charge in [0, 0.05) is 24.7 Å². The van der Waals surface area contributed by atoms with Gasteiger partial charge in [0.1, 0.15) is 5.75 Å². The molecule has 0 spiro atoms. The molecule has 26 heavy (non-hydrogen) atoms. The van der Waals surface area contributed by atoms with Crippen LogP contribution in [0, 0.1) is 5.92 Å². The van der Waals surface area contributed by atoms with Gasteiger partial charge in [-0.15, -0.1) is 0 Å². The second-order valence-electron chi connectivity index (χ2n) is 6.95. The number of benzene rings is 1. The normalized spacial score (nSPS) is 19.3. The fraction of sp³-hybridized carbons (Fsp3) is 0.429. The molecule has 2 atom stereocenters. The SMILES string of the molecule is COc1ccc(CCN(Cc2ccccn2)C(=O)[C@@H]2CC[C@H](N)C2)cc1. The zero-order chi connectivity index (χ0) is 18.4. The number of hydrogen-bond donors (Lipinski definition) is 1. The number of pyridine rings is 1. The Bertz CT molecular complexity index is 703. The zero-order valence-corrected chi connectivity index (χ0v) is 15.3. The number of hydrogen-bond acceptors (Lipinski definition) is 4. The van der Waals surface area contributed by atoms with Crippen LogP contribution in [0.5, 0.6) is 5.75 Å². The quantitative estimate of drug-likeness (QED) is 0.831. The highest BCUT2D eigenvalue weighted by molar-refractivity contribution is 5.79. The summed E-state index contributed by atoms with van der Waals surface area (Å²) in [6.07, 6.45) is 5.20. The van der Waals surface area contributed by atoms with Crippen LogP contribution in [0.15, 0.2) is 48.7 Å². The summed E-state index contributed by atoms with van der Waals surface area (Å²) in [5.74, 6) is 1.09. The number of carbonyl (C=O) groups excluding carboxylic acids is 1. The van der Waals surface area contributed by atoms with Crippen LogP contribution in [0.4, 0.5) is 0 Å². The molecular formula is C21H27N3O2. The third-order valence-electron chi connectivity index (χ3n) is 5.04. The molecule has 1 aliphatic rings. The first-order valence-electron chi connectivity index (χ1n) is 9.23. The third kappa shape index (κ3) is 4.82. The molecule has 1 saturated carbocycles. The summed E-state index contributed by atoms with van der Waals surface area (Å²) < 4.78 is 5.20. The Morgan fingerprint density at radius 3 is 2.65 bits per heavy atom. The van der Waals surface area contributed by atoms with Crippen molar-refractivity contribution in [2.45, 2.75) is 38.3 Å². The lowest BCUT2D eigenvalue weighted by molar-refractivity contribution is -0.136. The van der Waals surface area contributed by atoms with Crippen molar-refractivity contribution >= 4 is 5.91 Å². The van der Waals surface area contributed by atoms with E-state index in [4.69, 9.17) is 10.5 Å². The Kier molecular flexibility index (Phi) is 6.23. The van der Waals surface area contributed by atoms with E-state index in [1.165, 1.54) is 5.56 Å². The van der Waals surface area contributed by atoms with Gasteiger partial charge in [0.25, 0.3) is 0 Å². The summed E-state index contributed by atoms with van der Waals surface area (Å²) in [6, 6.07) is 14.0. The van der Waals surface area contributed by atoms with Gasteiger partial charge < -0.3 is 15.4 Å². The second kappa shape index (κ2) is 8.81. The highest BCUT2D eigenvalue weighted by Crippen LogP contribution is 2.26. The third-order valence-corrected chi connectivity index (χ3v) is 5.04. The monoisotopic (exact) mass is 353 g/mol. The fourth-order valence-electron chi connectivity index (χ4n) is 3.51. The van der Waals surface area contributed by atoms with Gasteiger partial charge in [0.2, 0.25) is 5.91 Å². The number of nitrogens with zero attached hydrogens (tertiary/aromatic N) is 2. The van der Waals surface area contributed by atoms with Crippen LogP contribution in [-0.2, 0) is 17.8 Å². The molecule has 1 aromatic heterocycles. The largest absolute Gasteiger partial charge is 0.497 e. The molecule has 0 radical (unpaired) electrons. The standard InChI is InChI=1S/C21H27N3O2/c1-26-20-9-5-16(6-10-20)11-13-24(15-19-4-2-3-12-23-19)21(25)17-7-8-18(22)14-17/h2-6,9-10,12,17-18H,7-8,11,13-15,22H2,1H3/t17-,18+/m1/s1. The number of amides is 1. The van der Waals surface area contributed by atoms with Crippen molar-refractivity contribution in [2.24, 2.45) is 11.7 Å². The zero-order valence-electron chi connectivity index (χ0n) is 15.3. The van der Waals surface area contributed by atoms with Gasteiger partial charge in [-0.3, -0.25) is 9.78 Å². The molecule has 1 aliphatic carbocycles. The van der Waals surface area contributed by atoms with Gasteiger partial charge in [-0.2, -0.15) is 0 Å². The maximum Gasteiger partial charge on any atom is 0.226 e. The molecule has 0 unspecified atom stereocenters. The molecule has 1 aromatic carbocycles. The fourth-order valence-corrected chi connectivity index (χ4v) is 3.51. The number of rotatable bonds is 7. The molecule has 1 amide bonds. The lowest BCUT2D eigenvalue weighted by atomic mass is 10.0. The van der Waals surface area contributed by atoms with Crippen LogP contribution in [-0.4, -0.2) is 35.5 Å². The van der Waals surface area contributed by atoms with Gasteiger partial charge >= 0.3 is 0 Å². The van der Waals surface area contributed by atoms with E-state index in [9.17, 15) is 4.79 Å². The van der Waals surface area contributed by atoms with Crippen LogP contribution >= 0.6 is 0 Å². The van der Waals surface area contributed by atoms with E-state index in [1.54, 1.807) is 13.3 Å². The highest BCUT2D eigenvalue weighted by atomic mass is 16.5. The van der Waals surface area contributed by atoms with E-state index in [-0.39, 0.29) is 17.9 Å². The summed E-state index contributed by atoms with van der Waals surface area (Å²) in [6.45, 7) is 1.22. The Labute approximate surface area is 155 Å². The average molecular weight is 353 g/mol. The van der Waals surface area contributed by atoms with E-state index in [0.717, 1.165) is 37.1 Å². The molecule has 1 fully saturated rings. The van der Waals surface area contributed by atoms with Gasteiger partial charge in [0.05, 0.1) is 19.3 Å². The van der Waals surface area contributed by atoms with Crippen molar-refractivity contribution in [1.29, 1.82) is 0 Å². The minimum absolute atomic E-state index is 0.0459. The molecule has 2 aromatic rings. The number of carbonyl (C=O) groups is 1. The van der Waals surface area contributed by atoms with E-state index in [0.29, 0.717) is 13.1 Å². The smallest absolute Gasteiger partial charge is 0.226 e. The lowest BCUT2D eigenvalue weighted by Crippen LogP contribution is -2.37. The average Bonchev–Trinajstić information content (AvgIpc) is 3.12. The molecule has 5 nitrogen and oxygen atoms in total. The minimum atomic E-state index is 0.0459. The summed E-state index contributed by atoms with van der Waals surface area (Å²) in [5, 5.41) is 0. The summed E-state index contributed by atoms with van der Waals surface area (Å²) in [4.78, 5) is 19.4. The number of ether oxygens (including phenoxy) is 1. The predicted molar refractivity (Wildman–Crippen MR) is 102 cm³/mol. The van der Waals surface area contributed by atoms with Crippen molar-refractivity contribution in [3.63, 3.8) is 0 Å². The molecule has 3 rings (SSSR count). The molecular weight excluding hydrogens is 326 g/mol. The van der Waals surface area contributed by atoms with Crippen LogP contribution < -0.4 is 10.5 Å². The maximum atomic E-state index is 13.0. The lowest BCUT2D eigenvalue weighted by Gasteiger charge is -2.25. The van der Waals surface area contributed by atoms with Gasteiger partial charge in [-0.1, -0.05) is 18.2 Å². The molecule has 0 aliphatic heterocycles. The van der Waals surface area contributed by atoms with Gasteiger partial charge in [-0.05, 0) is 55.5 Å². The van der Waals surface area contributed by atoms with Crippen molar-refractivity contribution in [2.75, 3.05) is 13.7 Å². The van der Waals surface area contributed by atoms with E-state index < -0.39 is 0 Å². The van der Waals surface area contributed by atoms with Crippen molar-refractivity contribution in [3.8, 4) is 5.75 Å². The number of methoxy groups -OCH3 is 1. The highest BCUT2D eigenvalue weighted by Gasteiger charge is 2.31. The Morgan fingerprint density at radius 2 is 2.04 bits per heavy atom. The maximum absolute atomic E-state index is 13.0. The van der Waals surface area contributed by atoms with Crippen molar-refractivity contribution in [1.82, 2.24) is 9.88 Å². The van der Waals surface area contributed by atoms with E-state index in [1.807, 2.05) is 47.4 Å². The Morgan fingerprint density at radius 1 is 1.23 bits per heavy atom. The predicted octanol–water partition coefficient (Wildman–Crippen LogP) is 2.79. The molecule has 138 valence electrons. The molecule has 1 heterocycles. The van der Waals surface area contributed by atoms with Gasteiger partial charge in [0.15, 0.2) is 0 Å². The van der Waals surface area contributed by atoms with Crippen molar-refractivity contribution in [3.05, 3.63) is 59.9 Å². The summed E-state index contributed by atoms with van der Waals surface area (Å²) >= 11 is 0. The van der Waals surface area contributed by atoms with Crippen molar-refractivity contribution < 1.29 is 9.53 Å². The summed E-state index contributed by atoms with van der Waals surface area (Å²) in [5.41, 5.74) is 8.12. The Hall–Kier alpha value is -2.40. The topological polar surface area (TPSA) is 68.5 Å². The molecule has 5 heteroatoms. The molecule has 2 N–H and O–H groups in total.